The largest absolute Gasteiger partial charge is 0.496 e. The molecule has 0 aliphatic carbocycles. The molecular formula is C26H29FN6O5S. The molecule has 0 unspecified atom stereocenters. The van der Waals surface area contributed by atoms with Gasteiger partial charge in [0.1, 0.15) is 33.0 Å². The number of aromatic nitrogens is 5. The first-order chi connectivity index (χ1) is 18.7. The summed E-state index contributed by atoms with van der Waals surface area (Å²) in [5, 5.41) is 12.0. The molecule has 0 saturated carbocycles. The highest BCUT2D eigenvalue weighted by Crippen LogP contribution is 2.34. The van der Waals surface area contributed by atoms with E-state index >= 15 is 0 Å². The number of nitrogens with one attached hydrogen (secondary N) is 1. The number of thiophene rings is 1. The summed E-state index contributed by atoms with van der Waals surface area (Å²) in [4.78, 5) is 42.8. The van der Waals surface area contributed by atoms with Crippen LogP contribution < -0.4 is 21.3 Å². The normalized spacial score (nSPS) is 18.0. The van der Waals surface area contributed by atoms with Gasteiger partial charge in [-0.05, 0) is 44.9 Å². The molecule has 0 radical (unpaired) electrons. The Morgan fingerprint density at radius 2 is 1.97 bits per heavy atom. The molecule has 1 N–H and O–H groups in total. The quantitative estimate of drug-likeness (QED) is 0.336. The first kappa shape index (κ1) is 26.8. The number of ether oxygens (including phenoxy) is 2. The summed E-state index contributed by atoms with van der Waals surface area (Å²) in [5.74, 6) is -0.478. The standard InChI is InChI=1S/C26H29FN6O5S/c1-5-12-38-19(17-13-16(27)6-7-18(17)37-4)14-31-23-20(15(2)22(39-23)33-29-10-11-30-33)21(34)32(25(31)36)26(3)8-9-28-24(26)35/h6-7,10-11,13,19H,5,8-9,12,14H2,1-4H3,(H,28,35)/t19-,26-/m0/s1. The molecule has 4 heterocycles. The SMILES string of the molecule is CCCO[C@@H](Cn1c(=O)n([C@@]2(C)CCNC2=O)c(=O)c2c(C)c(-n3nccn3)sc21)c1cc(F)ccc1OC. The van der Waals surface area contributed by atoms with Crippen LogP contribution in [0, 0.1) is 12.7 Å². The van der Waals surface area contributed by atoms with Crippen molar-refractivity contribution in [2.24, 2.45) is 0 Å². The van der Waals surface area contributed by atoms with E-state index in [-0.39, 0.29) is 18.4 Å². The topological polar surface area (TPSA) is 122 Å². The molecule has 1 aromatic carbocycles. The lowest BCUT2D eigenvalue weighted by Crippen LogP contribution is -2.53. The minimum absolute atomic E-state index is 0.0565. The fourth-order valence-corrected chi connectivity index (χ4v) is 6.22. The maximum atomic E-state index is 14.4. The van der Waals surface area contributed by atoms with E-state index in [1.54, 1.807) is 13.8 Å². The summed E-state index contributed by atoms with van der Waals surface area (Å²) >= 11 is 1.19. The molecule has 11 nitrogen and oxygen atoms in total. The number of amides is 1. The van der Waals surface area contributed by atoms with E-state index in [0.29, 0.717) is 46.3 Å². The lowest BCUT2D eigenvalue weighted by molar-refractivity contribution is -0.126. The van der Waals surface area contributed by atoms with Gasteiger partial charge < -0.3 is 14.8 Å². The van der Waals surface area contributed by atoms with Crippen LogP contribution in [0.3, 0.4) is 0 Å². The average Bonchev–Trinajstić information content (AvgIpc) is 3.64. The number of benzene rings is 1. The monoisotopic (exact) mass is 556 g/mol. The number of hydrogen-bond donors (Lipinski definition) is 1. The van der Waals surface area contributed by atoms with Gasteiger partial charge in [-0.25, -0.2) is 13.8 Å². The average molecular weight is 557 g/mol. The van der Waals surface area contributed by atoms with E-state index in [4.69, 9.17) is 9.47 Å². The molecule has 1 aliphatic rings. The highest BCUT2D eigenvalue weighted by Gasteiger charge is 2.43. The van der Waals surface area contributed by atoms with Crippen molar-refractivity contribution in [2.75, 3.05) is 20.3 Å². The predicted molar refractivity (Wildman–Crippen MR) is 143 cm³/mol. The Bertz CT molecular complexity index is 1660. The van der Waals surface area contributed by atoms with Crippen LogP contribution in [0.25, 0.3) is 15.2 Å². The van der Waals surface area contributed by atoms with Crippen molar-refractivity contribution in [3.8, 4) is 10.8 Å². The second kappa shape index (κ2) is 10.4. The van der Waals surface area contributed by atoms with Gasteiger partial charge in [-0.2, -0.15) is 10.2 Å². The summed E-state index contributed by atoms with van der Waals surface area (Å²) < 4.78 is 28.5. The Morgan fingerprint density at radius 1 is 1.23 bits per heavy atom. The highest BCUT2D eigenvalue weighted by molar-refractivity contribution is 7.21. The number of hydrogen-bond acceptors (Lipinski definition) is 8. The Morgan fingerprint density at radius 3 is 2.62 bits per heavy atom. The predicted octanol–water partition coefficient (Wildman–Crippen LogP) is 2.66. The van der Waals surface area contributed by atoms with Crippen molar-refractivity contribution < 1.29 is 18.7 Å². The van der Waals surface area contributed by atoms with E-state index < -0.39 is 34.6 Å². The van der Waals surface area contributed by atoms with E-state index in [9.17, 15) is 18.8 Å². The first-order valence-electron chi connectivity index (χ1n) is 12.6. The molecule has 1 saturated heterocycles. The number of carbonyl (C=O) groups is 1. The molecule has 1 fully saturated rings. The van der Waals surface area contributed by atoms with Crippen molar-refractivity contribution in [3.63, 3.8) is 0 Å². The molecule has 3 aromatic heterocycles. The molecule has 1 aliphatic heterocycles. The highest BCUT2D eigenvalue weighted by atomic mass is 32.1. The second-order valence-electron chi connectivity index (χ2n) is 9.59. The fourth-order valence-electron chi connectivity index (χ4n) is 5.00. The van der Waals surface area contributed by atoms with Gasteiger partial charge in [-0.1, -0.05) is 18.3 Å². The van der Waals surface area contributed by atoms with Crippen molar-refractivity contribution in [1.82, 2.24) is 29.4 Å². The first-order valence-corrected chi connectivity index (χ1v) is 13.4. The van der Waals surface area contributed by atoms with E-state index in [1.165, 1.54) is 58.4 Å². The van der Waals surface area contributed by atoms with Crippen LogP contribution in [0.1, 0.15) is 43.9 Å². The Hall–Kier alpha value is -3.84. The van der Waals surface area contributed by atoms with E-state index in [2.05, 4.69) is 15.5 Å². The van der Waals surface area contributed by atoms with Crippen LogP contribution in [-0.2, 0) is 21.6 Å². The minimum Gasteiger partial charge on any atom is -0.496 e. The summed E-state index contributed by atoms with van der Waals surface area (Å²) in [7, 11) is 1.48. The molecule has 2 atom stereocenters. The smallest absolute Gasteiger partial charge is 0.333 e. The summed E-state index contributed by atoms with van der Waals surface area (Å²) in [6.45, 7) is 5.92. The molecule has 13 heteroatoms. The number of fused-ring (bicyclic) bond motifs is 1. The number of aryl methyl sites for hydroxylation is 1. The van der Waals surface area contributed by atoms with Gasteiger partial charge in [0.2, 0.25) is 5.91 Å². The van der Waals surface area contributed by atoms with Gasteiger partial charge in [0.25, 0.3) is 5.56 Å². The molecule has 4 aromatic rings. The van der Waals surface area contributed by atoms with Crippen molar-refractivity contribution in [1.29, 1.82) is 0 Å². The van der Waals surface area contributed by atoms with Crippen LogP contribution in [0.15, 0.2) is 40.2 Å². The lowest BCUT2D eigenvalue weighted by atomic mass is 10.00. The maximum Gasteiger partial charge on any atom is 0.333 e. The maximum absolute atomic E-state index is 14.4. The van der Waals surface area contributed by atoms with Gasteiger partial charge >= 0.3 is 5.69 Å². The van der Waals surface area contributed by atoms with Crippen molar-refractivity contribution >= 4 is 27.5 Å². The van der Waals surface area contributed by atoms with E-state index in [1.807, 2.05) is 6.92 Å². The molecule has 0 spiro atoms. The number of halogens is 1. The van der Waals surface area contributed by atoms with Gasteiger partial charge in [-0.15, -0.1) is 4.80 Å². The van der Waals surface area contributed by atoms with Gasteiger partial charge in [0, 0.05) is 24.3 Å². The fraction of sp³-hybridized carbons (Fsp3) is 0.423. The summed E-state index contributed by atoms with van der Waals surface area (Å²) in [6, 6.07) is 4.12. The zero-order valence-electron chi connectivity index (χ0n) is 22.1. The van der Waals surface area contributed by atoms with Crippen LogP contribution in [0.2, 0.25) is 0 Å². The second-order valence-corrected chi connectivity index (χ2v) is 10.6. The zero-order chi connectivity index (χ0) is 27.9. The Labute approximate surface area is 226 Å². The molecule has 39 heavy (non-hydrogen) atoms. The van der Waals surface area contributed by atoms with Crippen LogP contribution >= 0.6 is 11.3 Å². The molecular weight excluding hydrogens is 527 g/mol. The lowest BCUT2D eigenvalue weighted by Gasteiger charge is -2.26. The van der Waals surface area contributed by atoms with Crippen molar-refractivity contribution in [3.05, 3.63) is 68.4 Å². The molecule has 1 amide bonds. The van der Waals surface area contributed by atoms with E-state index in [0.717, 1.165) is 4.57 Å². The number of rotatable bonds is 9. The molecule has 0 bridgehead atoms. The third kappa shape index (κ3) is 4.44. The van der Waals surface area contributed by atoms with Gasteiger partial charge in [-0.3, -0.25) is 14.2 Å². The zero-order valence-corrected chi connectivity index (χ0v) is 22.9. The Kier molecular flexibility index (Phi) is 7.12. The van der Waals surface area contributed by atoms with Gasteiger partial charge in [0.05, 0.1) is 31.4 Å². The van der Waals surface area contributed by atoms with Gasteiger partial charge in [0.15, 0.2) is 0 Å². The molecule has 206 valence electrons. The summed E-state index contributed by atoms with van der Waals surface area (Å²) in [6.07, 6.45) is 3.20. The minimum atomic E-state index is -1.38. The Balaban J connectivity index is 1.80. The molecule has 5 rings (SSSR count). The summed E-state index contributed by atoms with van der Waals surface area (Å²) in [5.41, 5.74) is -1.59. The third-order valence-corrected chi connectivity index (χ3v) is 8.36. The number of carbonyl (C=O) groups excluding carboxylic acids is 1. The van der Waals surface area contributed by atoms with Crippen LogP contribution in [0.4, 0.5) is 4.39 Å². The van der Waals surface area contributed by atoms with Crippen LogP contribution in [-0.4, -0.2) is 50.3 Å². The van der Waals surface area contributed by atoms with Crippen LogP contribution in [0.5, 0.6) is 5.75 Å². The number of methoxy groups -OCH3 is 1. The third-order valence-electron chi connectivity index (χ3n) is 7.08. The number of nitrogens with zero attached hydrogens (tertiary/aromatic N) is 5. The van der Waals surface area contributed by atoms with Crippen molar-refractivity contribution in [2.45, 2.75) is 51.8 Å².